The standard InChI is InChI=1S/C11H17BO5/c1-7(15-2)8-5-9(16-3)11(12(13)14)10(6-8)17-4/h5-7,13-14H,1-4H3. The predicted molar refractivity (Wildman–Crippen MR) is 64.8 cm³/mol. The van der Waals surface area contributed by atoms with E-state index in [-0.39, 0.29) is 11.6 Å². The summed E-state index contributed by atoms with van der Waals surface area (Å²) in [6.45, 7) is 1.88. The summed E-state index contributed by atoms with van der Waals surface area (Å²) in [6.07, 6.45) is -0.136. The van der Waals surface area contributed by atoms with E-state index in [9.17, 15) is 10.0 Å². The van der Waals surface area contributed by atoms with E-state index < -0.39 is 7.12 Å². The van der Waals surface area contributed by atoms with Gasteiger partial charge in [-0.2, -0.15) is 0 Å². The van der Waals surface area contributed by atoms with Crippen LogP contribution in [0.1, 0.15) is 18.6 Å². The second-order valence-corrected chi connectivity index (χ2v) is 3.59. The fourth-order valence-corrected chi connectivity index (χ4v) is 1.58. The van der Waals surface area contributed by atoms with Crippen LogP contribution in [0.15, 0.2) is 12.1 Å². The third-order valence-electron chi connectivity index (χ3n) is 2.65. The van der Waals surface area contributed by atoms with Crippen LogP contribution in [0, 0.1) is 0 Å². The van der Waals surface area contributed by atoms with Gasteiger partial charge in [0.05, 0.1) is 25.8 Å². The molecule has 1 atom stereocenters. The number of hydrogen-bond acceptors (Lipinski definition) is 5. The Labute approximate surface area is 101 Å². The molecule has 1 aromatic carbocycles. The third-order valence-corrected chi connectivity index (χ3v) is 2.65. The van der Waals surface area contributed by atoms with Gasteiger partial charge >= 0.3 is 7.12 Å². The second-order valence-electron chi connectivity index (χ2n) is 3.59. The topological polar surface area (TPSA) is 68.2 Å². The Bertz CT molecular complexity index is 355. The Morgan fingerprint density at radius 1 is 1.06 bits per heavy atom. The van der Waals surface area contributed by atoms with Crippen molar-refractivity contribution in [1.82, 2.24) is 0 Å². The number of rotatable bonds is 5. The minimum Gasteiger partial charge on any atom is -0.497 e. The zero-order valence-electron chi connectivity index (χ0n) is 10.4. The summed E-state index contributed by atoms with van der Waals surface area (Å²) in [4.78, 5) is 0. The van der Waals surface area contributed by atoms with Crippen molar-refractivity contribution in [2.75, 3.05) is 21.3 Å². The molecule has 5 nitrogen and oxygen atoms in total. The van der Waals surface area contributed by atoms with Crippen LogP contribution < -0.4 is 14.9 Å². The summed E-state index contributed by atoms with van der Waals surface area (Å²) in [7, 11) is 2.87. The summed E-state index contributed by atoms with van der Waals surface area (Å²) >= 11 is 0. The molecule has 94 valence electrons. The fourth-order valence-electron chi connectivity index (χ4n) is 1.58. The number of ether oxygens (including phenoxy) is 3. The monoisotopic (exact) mass is 240 g/mol. The minimum absolute atomic E-state index is 0.136. The molecule has 1 rings (SSSR count). The highest BCUT2D eigenvalue weighted by Gasteiger charge is 2.24. The summed E-state index contributed by atoms with van der Waals surface area (Å²) in [6, 6.07) is 3.40. The number of hydrogen-bond donors (Lipinski definition) is 2. The van der Waals surface area contributed by atoms with E-state index in [1.165, 1.54) is 14.2 Å². The van der Waals surface area contributed by atoms with Crippen LogP contribution in [0.3, 0.4) is 0 Å². The first-order valence-corrected chi connectivity index (χ1v) is 5.19. The largest absolute Gasteiger partial charge is 0.497 e. The van der Waals surface area contributed by atoms with Crippen molar-refractivity contribution >= 4 is 12.6 Å². The Balaban J connectivity index is 3.33. The molecular weight excluding hydrogens is 223 g/mol. The summed E-state index contributed by atoms with van der Waals surface area (Å²) in [5.41, 5.74) is 1.05. The highest BCUT2D eigenvalue weighted by Crippen LogP contribution is 2.26. The van der Waals surface area contributed by atoms with Gasteiger partial charge in [0.15, 0.2) is 0 Å². The Morgan fingerprint density at radius 2 is 1.53 bits per heavy atom. The molecule has 0 saturated carbocycles. The maximum Gasteiger partial charge on any atom is 0.496 e. The molecule has 0 heterocycles. The molecule has 2 N–H and O–H groups in total. The minimum atomic E-state index is -1.65. The molecule has 17 heavy (non-hydrogen) atoms. The molecule has 1 aromatic rings. The van der Waals surface area contributed by atoms with E-state index in [0.717, 1.165) is 5.56 Å². The van der Waals surface area contributed by atoms with E-state index >= 15 is 0 Å². The molecule has 0 aliphatic carbocycles. The van der Waals surface area contributed by atoms with Crippen molar-refractivity contribution in [3.8, 4) is 11.5 Å². The zero-order valence-corrected chi connectivity index (χ0v) is 10.4. The first-order valence-electron chi connectivity index (χ1n) is 5.19. The van der Waals surface area contributed by atoms with Crippen LogP contribution in [0.25, 0.3) is 0 Å². The summed E-state index contributed by atoms with van der Waals surface area (Å²) < 4.78 is 15.5. The van der Waals surface area contributed by atoms with Gasteiger partial charge < -0.3 is 24.3 Å². The molecule has 6 heteroatoms. The van der Waals surface area contributed by atoms with E-state index in [0.29, 0.717) is 11.5 Å². The van der Waals surface area contributed by atoms with E-state index in [4.69, 9.17) is 14.2 Å². The molecule has 0 fully saturated rings. The average Bonchev–Trinajstić information content (AvgIpc) is 2.35. The van der Waals surface area contributed by atoms with Crippen molar-refractivity contribution in [2.45, 2.75) is 13.0 Å². The quantitative estimate of drug-likeness (QED) is 0.714. The van der Waals surface area contributed by atoms with Crippen LogP contribution in [0.2, 0.25) is 0 Å². The van der Waals surface area contributed by atoms with Crippen molar-refractivity contribution in [3.05, 3.63) is 17.7 Å². The van der Waals surface area contributed by atoms with Gasteiger partial charge in [-0.25, -0.2) is 0 Å². The number of benzene rings is 1. The smallest absolute Gasteiger partial charge is 0.496 e. The van der Waals surface area contributed by atoms with Crippen molar-refractivity contribution < 1.29 is 24.3 Å². The highest BCUT2D eigenvalue weighted by molar-refractivity contribution is 6.61. The molecule has 0 spiro atoms. The van der Waals surface area contributed by atoms with Crippen LogP contribution >= 0.6 is 0 Å². The maximum atomic E-state index is 9.30. The van der Waals surface area contributed by atoms with Gasteiger partial charge in [-0.1, -0.05) is 0 Å². The van der Waals surface area contributed by atoms with E-state index in [2.05, 4.69) is 0 Å². The lowest BCUT2D eigenvalue weighted by Crippen LogP contribution is -2.33. The van der Waals surface area contributed by atoms with E-state index in [1.54, 1.807) is 19.2 Å². The summed E-state index contributed by atoms with van der Waals surface area (Å²) in [5, 5.41) is 18.6. The van der Waals surface area contributed by atoms with Gasteiger partial charge in [0, 0.05) is 7.11 Å². The fraction of sp³-hybridized carbons (Fsp3) is 0.455. The molecule has 0 aliphatic heterocycles. The normalized spacial score (nSPS) is 12.1. The first kappa shape index (κ1) is 13.8. The molecule has 0 aromatic heterocycles. The van der Waals surface area contributed by atoms with Crippen LogP contribution in [-0.4, -0.2) is 38.5 Å². The molecular formula is C11H17BO5. The Morgan fingerprint density at radius 3 is 1.82 bits per heavy atom. The Kier molecular flexibility index (Phi) is 4.80. The zero-order chi connectivity index (χ0) is 13.0. The molecule has 0 aliphatic rings. The lowest BCUT2D eigenvalue weighted by molar-refractivity contribution is 0.119. The molecule has 0 radical (unpaired) electrons. The van der Waals surface area contributed by atoms with Gasteiger partial charge in [-0.15, -0.1) is 0 Å². The van der Waals surface area contributed by atoms with Crippen molar-refractivity contribution in [2.24, 2.45) is 0 Å². The highest BCUT2D eigenvalue weighted by atomic mass is 16.5. The maximum absolute atomic E-state index is 9.30. The van der Waals surface area contributed by atoms with Gasteiger partial charge in [0.25, 0.3) is 0 Å². The summed E-state index contributed by atoms with van der Waals surface area (Å²) in [5.74, 6) is 0.719. The van der Waals surface area contributed by atoms with Crippen LogP contribution in [-0.2, 0) is 4.74 Å². The molecule has 1 unspecified atom stereocenters. The van der Waals surface area contributed by atoms with Crippen molar-refractivity contribution in [1.29, 1.82) is 0 Å². The molecule has 0 bridgehead atoms. The average molecular weight is 240 g/mol. The van der Waals surface area contributed by atoms with Gasteiger partial charge in [0.1, 0.15) is 11.5 Å². The first-order chi connectivity index (χ1) is 8.04. The van der Waals surface area contributed by atoms with Gasteiger partial charge in [-0.05, 0) is 24.6 Å². The predicted octanol–water partition coefficient (Wildman–Crippen LogP) is 0.0910. The lowest BCUT2D eigenvalue weighted by Gasteiger charge is -2.17. The molecule has 0 amide bonds. The SMILES string of the molecule is COc1cc(C(C)OC)cc(OC)c1B(O)O. The third kappa shape index (κ3) is 2.91. The van der Waals surface area contributed by atoms with E-state index in [1.807, 2.05) is 6.92 Å². The molecule has 0 saturated heterocycles. The number of methoxy groups -OCH3 is 3. The lowest BCUT2D eigenvalue weighted by atomic mass is 9.78. The van der Waals surface area contributed by atoms with Crippen molar-refractivity contribution in [3.63, 3.8) is 0 Å². The Hall–Kier alpha value is -1.24. The van der Waals surface area contributed by atoms with Crippen LogP contribution in [0.5, 0.6) is 11.5 Å². The van der Waals surface area contributed by atoms with Gasteiger partial charge in [-0.3, -0.25) is 0 Å². The van der Waals surface area contributed by atoms with Crippen LogP contribution in [0.4, 0.5) is 0 Å². The second kappa shape index (κ2) is 5.91. The van der Waals surface area contributed by atoms with Gasteiger partial charge in [0.2, 0.25) is 0 Å².